The second kappa shape index (κ2) is 4.98. The first kappa shape index (κ1) is 12.9. The monoisotopic (exact) mass is 249 g/mol. The van der Waals surface area contributed by atoms with Crippen LogP contribution >= 0.6 is 0 Å². The second-order valence-corrected chi connectivity index (χ2v) is 4.76. The van der Waals surface area contributed by atoms with Crippen LogP contribution in [0.2, 0.25) is 0 Å². The number of carbonyl (C=O) groups is 1. The Balaban J connectivity index is 2.35. The summed E-state index contributed by atoms with van der Waals surface area (Å²) in [5, 5.41) is 0. The zero-order chi connectivity index (χ0) is 13.2. The lowest BCUT2D eigenvalue weighted by Crippen LogP contribution is -2.45. The second-order valence-electron chi connectivity index (χ2n) is 4.76. The fraction of sp³-hybridized carbons (Fsp3) is 0.500. The summed E-state index contributed by atoms with van der Waals surface area (Å²) in [4.78, 5) is 12.5. The molecule has 0 radical (unpaired) electrons. The predicted molar refractivity (Wildman–Crippen MR) is 69.3 cm³/mol. The standard InChI is InChI=1S/C14H19NO3/c1-17-10-5-6-11(12(9-10)18-2)13(16)14(15)7-3-4-8-14/h5-6,9H,3-4,7-8,15H2,1-2H3. The van der Waals surface area contributed by atoms with Gasteiger partial charge in [-0.25, -0.2) is 0 Å². The van der Waals surface area contributed by atoms with Crippen LogP contribution in [0.4, 0.5) is 0 Å². The van der Waals surface area contributed by atoms with Crippen LogP contribution in [0.1, 0.15) is 36.0 Å². The van der Waals surface area contributed by atoms with Gasteiger partial charge in [0, 0.05) is 6.07 Å². The molecule has 1 saturated carbocycles. The predicted octanol–water partition coefficient (Wildman–Crippen LogP) is 2.16. The van der Waals surface area contributed by atoms with Gasteiger partial charge in [-0.1, -0.05) is 12.8 Å². The van der Waals surface area contributed by atoms with Crippen molar-refractivity contribution in [3.05, 3.63) is 23.8 Å². The van der Waals surface area contributed by atoms with Crippen molar-refractivity contribution in [1.82, 2.24) is 0 Å². The fourth-order valence-electron chi connectivity index (χ4n) is 2.49. The smallest absolute Gasteiger partial charge is 0.186 e. The highest BCUT2D eigenvalue weighted by atomic mass is 16.5. The summed E-state index contributed by atoms with van der Waals surface area (Å²) in [7, 11) is 3.13. The Kier molecular flexibility index (Phi) is 3.57. The summed E-state index contributed by atoms with van der Waals surface area (Å²) >= 11 is 0. The summed E-state index contributed by atoms with van der Waals surface area (Å²) in [6.07, 6.45) is 3.53. The average molecular weight is 249 g/mol. The average Bonchev–Trinajstić information content (AvgIpc) is 2.85. The highest BCUT2D eigenvalue weighted by molar-refractivity contribution is 6.05. The third kappa shape index (κ3) is 2.20. The fourth-order valence-corrected chi connectivity index (χ4v) is 2.49. The van der Waals surface area contributed by atoms with Crippen molar-refractivity contribution in [3.8, 4) is 11.5 Å². The number of benzene rings is 1. The third-order valence-electron chi connectivity index (χ3n) is 3.60. The molecule has 1 aliphatic carbocycles. The molecule has 0 amide bonds. The molecule has 0 saturated heterocycles. The maximum Gasteiger partial charge on any atom is 0.186 e. The SMILES string of the molecule is COc1ccc(C(=O)C2(N)CCCC2)c(OC)c1. The van der Waals surface area contributed by atoms with E-state index in [1.165, 1.54) is 0 Å². The Bertz CT molecular complexity index is 450. The maximum absolute atomic E-state index is 12.5. The van der Waals surface area contributed by atoms with E-state index in [1.807, 2.05) is 0 Å². The van der Waals surface area contributed by atoms with Gasteiger partial charge in [-0.3, -0.25) is 4.79 Å². The van der Waals surface area contributed by atoms with Crippen molar-refractivity contribution >= 4 is 5.78 Å². The quantitative estimate of drug-likeness (QED) is 0.831. The third-order valence-corrected chi connectivity index (χ3v) is 3.60. The van der Waals surface area contributed by atoms with Crippen LogP contribution in [0.25, 0.3) is 0 Å². The van der Waals surface area contributed by atoms with E-state index in [4.69, 9.17) is 15.2 Å². The van der Waals surface area contributed by atoms with Crippen LogP contribution in [0.5, 0.6) is 11.5 Å². The lowest BCUT2D eigenvalue weighted by molar-refractivity contribution is 0.0889. The molecule has 1 aromatic carbocycles. The number of methoxy groups -OCH3 is 2. The lowest BCUT2D eigenvalue weighted by atomic mass is 9.88. The first-order valence-corrected chi connectivity index (χ1v) is 6.16. The Morgan fingerprint density at radius 3 is 2.44 bits per heavy atom. The van der Waals surface area contributed by atoms with Gasteiger partial charge in [0.05, 0.1) is 25.3 Å². The molecule has 0 spiro atoms. The van der Waals surface area contributed by atoms with Gasteiger partial charge in [-0.15, -0.1) is 0 Å². The van der Waals surface area contributed by atoms with Gasteiger partial charge < -0.3 is 15.2 Å². The number of hydrogen-bond acceptors (Lipinski definition) is 4. The van der Waals surface area contributed by atoms with Gasteiger partial charge in [0.1, 0.15) is 11.5 Å². The van der Waals surface area contributed by atoms with Gasteiger partial charge in [0.15, 0.2) is 5.78 Å². The molecular formula is C14H19NO3. The molecule has 0 aromatic heterocycles. The summed E-state index contributed by atoms with van der Waals surface area (Å²) in [6, 6.07) is 5.20. The Labute approximate surface area is 107 Å². The minimum Gasteiger partial charge on any atom is -0.497 e. The first-order chi connectivity index (χ1) is 8.60. The molecule has 98 valence electrons. The van der Waals surface area contributed by atoms with Gasteiger partial charge in [-0.2, -0.15) is 0 Å². The van der Waals surface area contributed by atoms with Crippen molar-refractivity contribution < 1.29 is 14.3 Å². The van der Waals surface area contributed by atoms with E-state index in [1.54, 1.807) is 32.4 Å². The molecule has 1 aliphatic rings. The first-order valence-electron chi connectivity index (χ1n) is 6.16. The van der Waals surface area contributed by atoms with E-state index in [0.29, 0.717) is 17.1 Å². The van der Waals surface area contributed by atoms with E-state index in [2.05, 4.69) is 0 Å². The molecule has 0 heterocycles. The summed E-state index contributed by atoms with van der Waals surface area (Å²) in [5.41, 5.74) is 6.02. The highest BCUT2D eigenvalue weighted by Gasteiger charge is 2.38. The highest BCUT2D eigenvalue weighted by Crippen LogP contribution is 2.34. The van der Waals surface area contributed by atoms with Crippen LogP contribution in [0.15, 0.2) is 18.2 Å². The van der Waals surface area contributed by atoms with Crippen LogP contribution in [0.3, 0.4) is 0 Å². The Morgan fingerprint density at radius 2 is 1.89 bits per heavy atom. The maximum atomic E-state index is 12.5. The zero-order valence-corrected chi connectivity index (χ0v) is 10.9. The largest absolute Gasteiger partial charge is 0.497 e. The van der Waals surface area contributed by atoms with Crippen LogP contribution in [-0.4, -0.2) is 25.5 Å². The number of hydrogen-bond donors (Lipinski definition) is 1. The number of carbonyl (C=O) groups excluding carboxylic acids is 1. The van der Waals surface area contributed by atoms with Crippen molar-refractivity contribution in [2.45, 2.75) is 31.2 Å². The molecule has 0 bridgehead atoms. The number of nitrogens with two attached hydrogens (primary N) is 1. The van der Waals surface area contributed by atoms with Gasteiger partial charge >= 0.3 is 0 Å². The molecule has 4 heteroatoms. The molecule has 1 aromatic rings. The van der Waals surface area contributed by atoms with Crippen molar-refractivity contribution in [3.63, 3.8) is 0 Å². The summed E-state index contributed by atoms with van der Waals surface area (Å²) in [6.45, 7) is 0. The summed E-state index contributed by atoms with van der Waals surface area (Å²) in [5.74, 6) is 1.16. The molecule has 0 atom stereocenters. The zero-order valence-electron chi connectivity index (χ0n) is 10.9. The normalized spacial score (nSPS) is 17.5. The van der Waals surface area contributed by atoms with Crippen molar-refractivity contribution in [2.75, 3.05) is 14.2 Å². The topological polar surface area (TPSA) is 61.5 Å². The van der Waals surface area contributed by atoms with E-state index >= 15 is 0 Å². The van der Waals surface area contributed by atoms with Crippen LogP contribution in [-0.2, 0) is 0 Å². The van der Waals surface area contributed by atoms with Gasteiger partial charge in [-0.05, 0) is 25.0 Å². The molecule has 2 rings (SSSR count). The van der Waals surface area contributed by atoms with E-state index in [0.717, 1.165) is 25.7 Å². The molecule has 0 unspecified atom stereocenters. The molecule has 2 N–H and O–H groups in total. The number of ether oxygens (including phenoxy) is 2. The van der Waals surface area contributed by atoms with Crippen molar-refractivity contribution in [2.24, 2.45) is 5.73 Å². The number of rotatable bonds is 4. The molecule has 18 heavy (non-hydrogen) atoms. The Hall–Kier alpha value is -1.55. The minimum atomic E-state index is -0.720. The van der Waals surface area contributed by atoms with Crippen LogP contribution in [0, 0.1) is 0 Å². The molecule has 1 fully saturated rings. The van der Waals surface area contributed by atoms with E-state index in [9.17, 15) is 4.79 Å². The van der Waals surface area contributed by atoms with Crippen molar-refractivity contribution in [1.29, 1.82) is 0 Å². The lowest BCUT2D eigenvalue weighted by Gasteiger charge is -2.23. The summed E-state index contributed by atoms with van der Waals surface area (Å²) < 4.78 is 10.4. The Morgan fingerprint density at radius 1 is 1.22 bits per heavy atom. The number of Topliss-reactive ketones (excluding diaryl/α,β-unsaturated/α-hetero) is 1. The minimum absolute atomic E-state index is 0.0282. The number of ketones is 1. The van der Waals surface area contributed by atoms with E-state index in [-0.39, 0.29) is 5.78 Å². The van der Waals surface area contributed by atoms with Gasteiger partial charge in [0.25, 0.3) is 0 Å². The molecule has 0 aliphatic heterocycles. The molecular weight excluding hydrogens is 230 g/mol. The van der Waals surface area contributed by atoms with E-state index < -0.39 is 5.54 Å². The van der Waals surface area contributed by atoms with Crippen LogP contribution < -0.4 is 15.2 Å². The molecule has 4 nitrogen and oxygen atoms in total. The van der Waals surface area contributed by atoms with Gasteiger partial charge in [0.2, 0.25) is 0 Å².